The number of para-hydroxylation sites is 1. The first kappa shape index (κ1) is 46.6. The highest BCUT2D eigenvalue weighted by atomic mass is 35.5. The van der Waals surface area contributed by atoms with Gasteiger partial charge in [-0.1, -0.05) is 41.9 Å². The number of methoxy groups -OCH3 is 2. The van der Waals surface area contributed by atoms with Gasteiger partial charge in [-0.05, 0) is 84.9 Å². The molecule has 7 rings (SSSR count). The molecule has 0 radical (unpaired) electrons. The molecule has 4 aromatic rings. The third-order valence-electron chi connectivity index (χ3n) is 9.12. The van der Waals surface area contributed by atoms with Crippen LogP contribution in [0.5, 0.6) is 11.5 Å². The van der Waals surface area contributed by atoms with E-state index in [-0.39, 0.29) is 38.4 Å². The number of likely N-dealkylation sites (N-methyl/N-ethyl adjacent to an activating group) is 2. The number of carbonyl (C=O) groups is 6. The largest absolute Gasteiger partial charge is 0.495 e. The first-order valence-corrected chi connectivity index (χ1v) is 19.4. The molecule has 0 spiro atoms. The molecule has 0 saturated carbocycles. The normalized spacial score (nSPS) is 16.5. The van der Waals surface area contributed by atoms with E-state index >= 15 is 0 Å². The first-order chi connectivity index (χ1) is 29.9. The lowest BCUT2D eigenvalue weighted by Crippen LogP contribution is -2.33. The highest BCUT2D eigenvalue weighted by molar-refractivity contribution is 7.80. The van der Waals surface area contributed by atoms with Crippen molar-refractivity contribution in [2.75, 3.05) is 65.8 Å². The number of anilines is 2. The summed E-state index contributed by atoms with van der Waals surface area (Å²) in [5, 5.41) is 10.1. The molecule has 3 fully saturated rings. The number of carboxylic acid groups (broad SMARTS) is 1. The van der Waals surface area contributed by atoms with Crippen molar-refractivity contribution in [2.24, 2.45) is 0 Å². The number of pyridine rings is 1. The van der Waals surface area contributed by atoms with Gasteiger partial charge in [-0.25, -0.2) is 24.3 Å². The zero-order valence-corrected chi connectivity index (χ0v) is 36.8. The van der Waals surface area contributed by atoms with Crippen LogP contribution in [0.15, 0.2) is 84.0 Å². The molecule has 1 aromatic heterocycles. The third-order valence-corrected chi connectivity index (χ3v) is 9.73. The van der Waals surface area contributed by atoms with Crippen LogP contribution in [0.25, 0.3) is 29.1 Å². The summed E-state index contributed by atoms with van der Waals surface area (Å²) >= 11 is 11.1. The van der Waals surface area contributed by atoms with Crippen LogP contribution in [0.4, 0.5) is 25.8 Å². The van der Waals surface area contributed by atoms with Gasteiger partial charge in [0.1, 0.15) is 16.7 Å². The number of thiocarbonyl (C=S) groups is 1. The average molecular weight is 901 g/mol. The summed E-state index contributed by atoms with van der Waals surface area (Å²) in [7, 11) is 12.1. The molecule has 3 aliphatic rings. The number of hydrogen-bond acceptors (Lipinski definition) is 15. The molecule has 3 aromatic carbocycles. The van der Waals surface area contributed by atoms with Gasteiger partial charge in [-0.15, -0.1) is 4.90 Å². The van der Waals surface area contributed by atoms with Gasteiger partial charge in [-0.2, -0.15) is 0 Å². The summed E-state index contributed by atoms with van der Waals surface area (Å²) in [6, 6.07) is 20.0. The maximum atomic E-state index is 12.1. The molecule has 63 heavy (non-hydrogen) atoms. The van der Waals surface area contributed by atoms with E-state index in [1.165, 1.54) is 31.2 Å². The van der Waals surface area contributed by atoms with Gasteiger partial charge < -0.3 is 38.6 Å². The van der Waals surface area contributed by atoms with E-state index < -0.39 is 30.1 Å². The fourth-order valence-corrected chi connectivity index (χ4v) is 6.41. The quantitative estimate of drug-likeness (QED) is 0.109. The Morgan fingerprint density at radius 2 is 1.29 bits per heavy atom. The van der Waals surface area contributed by atoms with E-state index in [0.29, 0.717) is 23.4 Å². The Labute approximate surface area is 371 Å². The molecule has 6 amide bonds. The molecule has 3 aliphatic heterocycles. The lowest BCUT2D eigenvalue weighted by Gasteiger charge is -2.16. The van der Waals surface area contributed by atoms with Crippen molar-refractivity contribution in [1.82, 2.24) is 19.7 Å². The number of imide groups is 4. The molecule has 18 nitrogen and oxygen atoms in total. The lowest BCUT2D eigenvalue weighted by atomic mass is 10.1. The molecule has 0 unspecified atom stereocenters. The molecule has 3 saturated heterocycles. The van der Waals surface area contributed by atoms with Gasteiger partial charge in [0.15, 0.2) is 17.3 Å². The second-order valence-corrected chi connectivity index (χ2v) is 14.4. The summed E-state index contributed by atoms with van der Waals surface area (Å²) < 4.78 is 25.5. The van der Waals surface area contributed by atoms with Gasteiger partial charge in [0.05, 0.1) is 31.1 Å². The number of nitrogens with zero attached hydrogens (tertiary/aromatic N) is 6. The summed E-state index contributed by atoms with van der Waals surface area (Å²) in [6.45, 7) is 2.35. The Hall–Kier alpha value is -7.51. The molecule has 4 heterocycles. The van der Waals surface area contributed by atoms with Crippen molar-refractivity contribution in [3.63, 3.8) is 0 Å². The molecular formula is C43H41ClN6O12S. The molecule has 0 atom stereocenters. The predicted molar refractivity (Wildman–Crippen MR) is 237 cm³/mol. The zero-order chi connectivity index (χ0) is 46.3. The molecule has 0 aliphatic carbocycles. The third kappa shape index (κ3) is 10.5. The fourth-order valence-electron chi connectivity index (χ4n) is 5.91. The first-order valence-electron chi connectivity index (χ1n) is 18.6. The van der Waals surface area contributed by atoms with Gasteiger partial charge in [-0.3, -0.25) is 19.3 Å². The Morgan fingerprint density at radius 3 is 1.75 bits per heavy atom. The van der Waals surface area contributed by atoms with Gasteiger partial charge in [0, 0.05) is 52.7 Å². The summed E-state index contributed by atoms with van der Waals surface area (Å²) in [4.78, 5) is 79.4. The van der Waals surface area contributed by atoms with E-state index in [1.807, 2.05) is 87.4 Å². The second kappa shape index (κ2) is 19.9. The number of hydrogen-bond donors (Lipinski definition) is 1. The molecule has 20 heteroatoms. The van der Waals surface area contributed by atoms with Crippen LogP contribution in [0.2, 0.25) is 5.15 Å². The Balaban J connectivity index is 0.000000178. The van der Waals surface area contributed by atoms with Gasteiger partial charge >= 0.3 is 24.2 Å². The highest BCUT2D eigenvalue weighted by Crippen LogP contribution is 2.31. The maximum absolute atomic E-state index is 12.1. The minimum atomic E-state index is -1.68. The number of aromatic nitrogens is 1. The van der Waals surface area contributed by atoms with Gasteiger partial charge in [0.25, 0.3) is 17.0 Å². The van der Waals surface area contributed by atoms with Crippen LogP contribution < -0.4 is 19.3 Å². The summed E-state index contributed by atoms with van der Waals surface area (Å²) in [6.07, 6.45) is 0.758. The number of cyclic esters (lactones) is 2. The van der Waals surface area contributed by atoms with E-state index in [9.17, 15) is 28.8 Å². The standard InChI is InChI=1S/C15H18N2O3S.C14H9ClN2O3.C14H14N2O6/c1-5-17-14(18)13(20-15(17)21)9-10-6-7-11(16(2)3)12(8-10)19-4;1-17-13(18)11(20-14(17)19)7-9-6-8-4-2-3-5-10(8)16-12(9)15;1-15(2)9-5-4-8(6-10(9)21-3)7-11-12(17)16(13(18)19)14(20)22-11/h6-9H,5H2,1-4H3;2-7H,1H3;4-7H,1-3H3,(H,18,19)/b13-9+;2*11-7+. The van der Waals surface area contributed by atoms with Crippen molar-refractivity contribution >= 4 is 106 Å². The van der Waals surface area contributed by atoms with Crippen LogP contribution in [-0.2, 0) is 28.6 Å². The van der Waals surface area contributed by atoms with E-state index in [1.54, 1.807) is 37.5 Å². The monoisotopic (exact) mass is 900 g/mol. The number of rotatable bonds is 8. The zero-order valence-electron chi connectivity index (χ0n) is 35.2. The number of benzene rings is 3. The minimum absolute atomic E-state index is 0.0112. The predicted octanol–water partition coefficient (Wildman–Crippen LogP) is 6.86. The minimum Gasteiger partial charge on any atom is -0.495 e. The maximum Gasteiger partial charge on any atom is 0.432 e. The van der Waals surface area contributed by atoms with E-state index in [0.717, 1.165) is 38.5 Å². The Kier molecular flexibility index (Phi) is 14.7. The van der Waals surface area contributed by atoms with Crippen molar-refractivity contribution in [2.45, 2.75) is 6.92 Å². The van der Waals surface area contributed by atoms with E-state index in [4.69, 9.17) is 47.9 Å². The lowest BCUT2D eigenvalue weighted by molar-refractivity contribution is -0.123. The van der Waals surface area contributed by atoms with Crippen LogP contribution in [-0.4, -0.2) is 122 Å². The van der Waals surface area contributed by atoms with E-state index in [2.05, 4.69) is 9.72 Å². The van der Waals surface area contributed by atoms with Crippen molar-refractivity contribution in [1.29, 1.82) is 0 Å². The number of fused-ring (bicyclic) bond motifs is 1. The highest BCUT2D eigenvalue weighted by Gasteiger charge is 2.41. The van der Waals surface area contributed by atoms with Crippen LogP contribution in [0.1, 0.15) is 23.6 Å². The Bertz CT molecular complexity index is 2630. The fraction of sp³-hybridized carbons (Fsp3) is 0.209. The number of halogens is 1. The van der Waals surface area contributed by atoms with Crippen molar-refractivity contribution in [3.8, 4) is 11.5 Å². The van der Waals surface area contributed by atoms with Crippen LogP contribution in [0.3, 0.4) is 0 Å². The Morgan fingerprint density at radius 1 is 0.762 bits per heavy atom. The van der Waals surface area contributed by atoms with Crippen molar-refractivity contribution in [3.05, 3.63) is 106 Å². The number of amides is 6. The van der Waals surface area contributed by atoms with Crippen molar-refractivity contribution < 1.29 is 57.6 Å². The molecule has 328 valence electrons. The van der Waals surface area contributed by atoms with Crippen LogP contribution >= 0.6 is 23.8 Å². The SMILES string of the molecule is CCN1C(=O)/C(=C\c2ccc(N(C)C)c(OC)c2)OC1=S.CN1C(=O)O/C(=C/c2cc3ccccc3nc2Cl)C1=O.COc1cc(/C=C2/OC(=O)N(C(=O)O)C2=O)ccc1N(C)C. The summed E-state index contributed by atoms with van der Waals surface area (Å²) in [5.41, 5.74) is 4.42. The van der Waals surface area contributed by atoms with Crippen LogP contribution in [0, 0.1) is 0 Å². The molecule has 1 N–H and O–H groups in total. The average Bonchev–Trinajstić information content (AvgIpc) is 3.79. The molecular weight excluding hydrogens is 860 g/mol. The second-order valence-electron chi connectivity index (χ2n) is 13.7. The number of carbonyl (C=O) groups excluding carboxylic acids is 5. The van der Waals surface area contributed by atoms with Gasteiger partial charge in [0.2, 0.25) is 0 Å². The smallest absolute Gasteiger partial charge is 0.432 e. The topological polar surface area (TPSA) is 198 Å². The number of ether oxygens (including phenoxy) is 5. The summed E-state index contributed by atoms with van der Waals surface area (Å²) in [5.74, 6) is -0.614. The molecule has 0 bridgehead atoms.